The second kappa shape index (κ2) is 8.19. The molecule has 0 heterocycles. The fraction of sp³-hybridized carbons (Fsp3) is 0.238. The highest BCUT2D eigenvalue weighted by Crippen LogP contribution is 2.26. The van der Waals surface area contributed by atoms with Crippen molar-refractivity contribution in [2.24, 2.45) is 0 Å². The standard InChI is InChI=1S/C21H22N2O3S/c1-16(17-8-5-4-6-9-17)23-20(24)21(2,3)18-10-12-19(13-11-18)27(25,26)15-7-14-22/h4-13,15-16H,1-3H3,(H,23,24)/t16-/m0/s1. The topological polar surface area (TPSA) is 87.0 Å². The quantitative estimate of drug-likeness (QED) is 0.773. The molecule has 2 aromatic carbocycles. The van der Waals surface area contributed by atoms with Crippen LogP contribution in [0.5, 0.6) is 0 Å². The Labute approximate surface area is 160 Å². The van der Waals surface area contributed by atoms with Gasteiger partial charge >= 0.3 is 0 Å². The zero-order valence-corrected chi connectivity index (χ0v) is 16.3. The predicted octanol–water partition coefficient (Wildman–Crippen LogP) is 3.65. The normalized spacial score (nSPS) is 13.1. The average molecular weight is 382 g/mol. The van der Waals surface area contributed by atoms with Crippen molar-refractivity contribution in [3.05, 3.63) is 77.2 Å². The summed E-state index contributed by atoms with van der Waals surface area (Å²) in [7, 11) is -3.66. The van der Waals surface area contributed by atoms with Crippen molar-refractivity contribution in [3.8, 4) is 6.07 Å². The van der Waals surface area contributed by atoms with Gasteiger partial charge < -0.3 is 5.32 Å². The van der Waals surface area contributed by atoms with Crippen LogP contribution >= 0.6 is 0 Å². The van der Waals surface area contributed by atoms with Crippen LogP contribution in [0, 0.1) is 11.3 Å². The van der Waals surface area contributed by atoms with Gasteiger partial charge in [-0.1, -0.05) is 42.5 Å². The molecule has 0 aliphatic carbocycles. The number of rotatable bonds is 6. The van der Waals surface area contributed by atoms with Crippen molar-refractivity contribution in [2.75, 3.05) is 0 Å². The monoisotopic (exact) mass is 382 g/mol. The maximum atomic E-state index is 12.8. The number of hydrogen-bond acceptors (Lipinski definition) is 4. The van der Waals surface area contributed by atoms with E-state index >= 15 is 0 Å². The Morgan fingerprint density at radius 2 is 1.70 bits per heavy atom. The van der Waals surface area contributed by atoms with E-state index in [-0.39, 0.29) is 16.8 Å². The largest absolute Gasteiger partial charge is 0.349 e. The highest BCUT2D eigenvalue weighted by atomic mass is 32.2. The van der Waals surface area contributed by atoms with Gasteiger partial charge in [-0.15, -0.1) is 0 Å². The molecule has 140 valence electrons. The molecule has 1 N–H and O–H groups in total. The van der Waals surface area contributed by atoms with Crippen LogP contribution in [0.4, 0.5) is 0 Å². The van der Waals surface area contributed by atoms with E-state index < -0.39 is 15.3 Å². The third-order valence-electron chi connectivity index (χ3n) is 4.44. The molecule has 0 saturated carbocycles. The molecule has 0 unspecified atom stereocenters. The second-order valence-corrected chi connectivity index (χ2v) is 8.57. The molecule has 0 fully saturated rings. The van der Waals surface area contributed by atoms with Gasteiger partial charge in [-0.2, -0.15) is 5.26 Å². The first kappa shape index (κ1) is 20.4. The van der Waals surface area contributed by atoms with Crippen molar-refractivity contribution in [1.29, 1.82) is 5.26 Å². The summed E-state index contributed by atoms with van der Waals surface area (Å²) in [6.45, 7) is 5.50. The van der Waals surface area contributed by atoms with Crippen LogP contribution in [-0.2, 0) is 20.0 Å². The molecule has 1 atom stereocenters. The summed E-state index contributed by atoms with van der Waals surface area (Å²) in [5, 5.41) is 12.4. The van der Waals surface area contributed by atoms with E-state index in [1.165, 1.54) is 12.1 Å². The minimum Gasteiger partial charge on any atom is -0.349 e. The van der Waals surface area contributed by atoms with Gasteiger partial charge in [0.1, 0.15) is 0 Å². The fourth-order valence-electron chi connectivity index (χ4n) is 2.59. The number of allylic oxidation sites excluding steroid dienone is 1. The van der Waals surface area contributed by atoms with Gasteiger partial charge in [0.25, 0.3) is 0 Å². The third kappa shape index (κ3) is 4.83. The lowest BCUT2D eigenvalue weighted by Gasteiger charge is -2.27. The zero-order chi connectivity index (χ0) is 20.1. The minimum atomic E-state index is -3.66. The lowest BCUT2D eigenvalue weighted by Crippen LogP contribution is -2.41. The molecule has 0 spiro atoms. The summed E-state index contributed by atoms with van der Waals surface area (Å²) in [5.74, 6) is -0.154. The molecular formula is C21H22N2O3S. The summed E-state index contributed by atoms with van der Waals surface area (Å²) in [6, 6.07) is 17.3. The van der Waals surface area contributed by atoms with E-state index in [1.807, 2.05) is 37.3 Å². The number of amides is 1. The van der Waals surface area contributed by atoms with Crippen LogP contribution in [0.3, 0.4) is 0 Å². The number of nitrogens with zero attached hydrogens (tertiary/aromatic N) is 1. The van der Waals surface area contributed by atoms with Crippen LogP contribution < -0.4 is 5.32 Å². The fourth-order valence-corrected chi connectivity index (χ4v) is 3.51. The zero-order valence-electron chi connectivity index (χ0n) is 15.5. The van der Waals surface area contributed by atoms with E-state index in [1.54, 1.807) is 32.0 Å². The summed E-state index contributed by atoms with van der Waals surface area (Å²) in [4.78, 5) is 12.9. The molecule has 0 aliphatic rings. The SMILES string of the molecule is C[C@H](NC(=O)C(C)(C)c1ccc(S(=O)(=O)C=CC#N)cc1)c1ccccc1. The Balaban J connectivity index is 2.19. The smallest absolute Gasteiger partial charge is 0.230 e. The Morgan fingerprint density at radius 1 is 1.11 bits per heavy atom. The van der Waals surface area contributed by atoms with Crippen molar-refractivity contribution in [2.45, 2.75) is 37.1 Å². The number of nitrogens with one attached hydrogen (secondary N) is 1. The molecule has 0 radical (unpaired) electrons. The Hall–Kier alpha value is -2.91. The van der Waals surface area contributed by atoms with E-state index in [0.717, 1.165) is 17.0 Å². The lowest BCUT2D eigenvalue weighted by molar-refractivity contribution is -0.126. The molecule has 0 bridgehead atoms. The van der Waals surface area contributed by atoms with Crippen molar-refractivity contribution in [3.63, 3.8) is 0 Å². The molecular weight excluding hydrogens is 360 g/mol. The summed E-state index contributed by atoms with van der Waals surface area (Å²) < 4.78 is 24.1. The lowest BCUT2D eigenvalue weighted by atomic mass is 9.83. The van der Waals surface area contributed by atoms with Crippen LogP contribution in [0.2, 0.25) is 0 Å². The van der Waals surface area contributed by atoms with Crippen LogP contribution in [0.25, 0.3) is 0 Å². The van der Waals surface area contributed by atoms with Crippen LogP contribution in [0.15, 0.2) is 71.0 Å². The van der Waals surface area contributed by atoms with Crippen molar-refractivity contribution < 1.29 is 13.2 Å². The number of nitriles is 1. The Bertz CT molecular complexity index is 970. The molecule has 0 aromatic heterocycles. The van der Waals surface area contributed by atoms with Crippen LogP contribution in [0.1, 0.15) is 37.9 Å². The molecule has 0 saturated heterocycles. The van der Waals surface area contributed by atoms with Gasteiger partial charge in [0.15, 0.2) is 0 Å². The molecule has 0 aliphatic heterocycles. The van der Waals surface area contributed by atoms with Gasteiger partial charge in [-0.3, -0.25) is 4.79 Å². The highest BCUT2D eigenvalue weighted by Gasteiger charge is 2.31. The molecule has 5 nitrogen and oxygen atoms in total. The first-order valence-electron chi connectivity index (χ1n) is 8.46. The van der Waals surface area contributed by atoms with Gasteiger partial charge in [-0.05, 0) is 44.0 Å². The van der Waals surface area contributed by atoms with Gasteiger partial charge in [0.05, 0.1) is 22.4 Å². The number of hydrogen-bond donors (Lipinski definition) is 1. The Kier molecular flexibility index (Phi) is 6.19. The maximum Gasteiger partial charge on any atom is 0.230 e. The third-order valence-corrected chi connectivity index (χ3v) is 5.86. The molecule has 2 rings (SSSR count). The predicted molar refractivity (Wildman–Crippen MR) is 104 cm³/mol. The number of carbonyl (C=O) groups excluding carboxylic acids is 1. The van der Waals surface area contributed by atoms with E-state index in [0.29, 0.717) is 5.56 Å². The van der Waals surface area contributed by atoms with E-state index in [9.17, 15) is 13.2 Å². The van der Waals surface area contributed by atoms with Gasteiger partial charge in [0, 0.05) is 11.5 Å². The molecule has 1 amide bonds. The summed E-state index contributed by atoms with van der Waals surface area (Å²) in [6.07, 6.45) is 0.922. The second-order valence-electron chi connectivity index (χ2n) is 6.73. The summed E-state index contributed by atoms with van der Waals surface area (Å²) in [5.41, 5.74) is 0.865. The Morgan fingerprint density at radius 3 is 2.26 bits per heavy atom. The van der Waals surface area contributed by atoms with Gasteiger partial charge in [0.2, 0.25) is 15.7 Å². The number of sulfone groups is 1. The van der Waals surface area contributed by atoms with Crippen molar-refractivity contribution >= 4 is 15.7 Å². The van der Waals surface area contributed by atoms with Crippen molar-refractivity contribution in [1.82, 2.24) is 5.32 Å². The molecule has 6 heteroatoms. The van der Waals surface area contributed by atoms with E-state index in [4.69, 9.17) is 5.26 Å². The summed E-state index contributed by atoms with van der Waals surface area (Å²) >= 11 is 0. The number of benzene rings is 2. The minimum absolute atomic E-state index is 0.0756. The first-order chi connectivity index (χ1) is 12.7. The van der Waals surface area contributed by atoms with Crippen LogP contribution in [-0.4, -0.2) is 14.3 Å². The first-order valence-corrected chi connectivity index (χ1v) is 10.0. The average Bonchev–Trinajstić information content (AvgIpc) is 2.67. The molecule has 2 aromatic rings. The highest BCUT2D eigenvalue weighted by molar-refractivity contribution is 7.94. The van der Waals surface area contributed by atoms with Gasteiger partial charge in [-0.25, -0.2) is 8.42 Å². The number of carbonyl (C=O) groups is 1. The van der Waals surface area contributed by atoms with E-state index in [2.05, 4.69) is 5.32 Å². The molecule has 27 heavy (non-hydrogen) atoms. The maximum absolute atomic E-state index is 12.8.